The van der Waals surface area contributed by atoms with Crippen LogP contribution < -0.4 is 29.6 Å². The molecule has 0 bridgehead atoms. The summed E-state index contributed by atoms with van der Waals surface area (Å²) < 4.78 is 0. The molecule has 52 valence electrons. The Labute approximate surface area is 80.3 Å². The van der Waals surface area contributed by atoms with Crippen LogP contribution in [-0.2, 0) is 9.59 Å². The number of hydrogen-bond donors (Lipinski definition) is 3. The van der Waals surface area contributed by atoms with Crippen LogP contribution >= 0.6 is 0 Å². The summed E-state index contributed by atoms with van der Waals surface area (Å²) >= 11 is 0. The summed E-state index contributed by atoms with van der Waals surface area (Å²) in [6.45, 7) is 0. The van der Waals surface area contributed by atoms with Crippen molar-refractivity contribution in [1.29, 1.82) is 5.41 Å². The number of aliphatic carboxylic acids is 2. The van der Waals surface area contributed by atoms with Crippen LogP contribution in [0.25, 0.3) is 0 Å². The molecule has 0 amide bonds. The van der Waals surface area contributed by atoms with E-state index in [-0.39, 0.29) is 31.0 Å². The number of carbonyl (C=O) groups is 2. The van der Waals surface area contributed by atoms with Crippen LogP contribution in [0.3, 0.4) is 0 Å². The van der Waals surface area contributed by atoms with Crippen LogP contribution in [0, 0.1) is 5.41 Å². The molecule has 0 aromatic rings. The van der Waals surface area contributed by atoms with Gasteiger partial charge in [0.1, 0.15) is 5.71 Å². The molecule has 10 heavy (non-hydrogen) atoms. The van der Waals surface area contributed by atoms with E-state index in [4.69, 9.17) is 15.6 Å². The summed E-state index contributed by atoms with van der Waals surface area (Å²) in [6.07, 6.45) is -0.727. The molecular weight excluding hydrogens is 149 g/mol. The van der Waals surface area contributed by atoms with E-state index < -0.39 is 24.1 Å². The maximum absolute atomic E-state index is 9.75. The Kier molecular flexibility index (Phi) is 6.64. The maximum atomic E-state index is 9.75. The number of rotatable bonds is 3. The summed E-state index contributed by atoms with van der Waals surface area (Å²) in [5.41, 5.74) is -0.803. The molecule has 3 N–H and O–H groups in total. The zero-order chi connectivity index (χ0) is 7.44. The fourth-order valence-corrected chi connectivity index (χ4v) is 0.227. The molecular formula is C4H6NNaO4. The van der Waals surface area contributed by atoms with Gasteiger partial charge in [-0.05, 0) is 0 Å². The Bertz CT molecular complexity index is 171. The quantitative estimate of drug-likeness (QED) is 0.293. The molecule has 0 fully saturated rings. The SMILES string of the molecule is N=C(CC(=O)O)C(=O)O.[H-].[Na+]. The van der Waals surface area contributed by atoms with Crippen molar-refractivity contribution < 1.29 is 50.8 Å². The second-order valence-corrected chi connectivity index (χ2v) is 1.35. The van der Waals surface area contributed by atoms with Gasteiger partial charge in [-0.2, -0.15) is 0 Å². The van der Waals surface area contributed by atoms with Crippen LogP contribution in [-0.4, -0.2) is 27.9 Å². The molecule has 0 aliphatic carbocycles. The van der Waals surface area contributed by atoms with Crippen LogP contribution in [0.15, 0.2) is 0 Å². The first-order chi connectivity index (χ1) is 4.04. The molecule has 0 spiro atoms. The standard InChI is InChI=1S/C4H5NO4.Na.H/c5-2(4(8)9)1-3(6)7;;/h5H,1H2,(H,6,7)(H,8,9);;/q;+1;-1. The molecule has 0 saturated heterocycles. The minimum atomic E-state index is -1.49. The average molecular weight is 155 g/mol. The van der Waals surface area contributed by atoms with Gasteiger partial charge in [-0.3, -0.25) is 10.2 Å². The van der Waals surface area contributed by atoms with Crippen LogP contribution in [0.5, 0.6) is 0 Å². The van der Waals surface area contributed by atoms with E-state index in [9.17, 15) is 9.59 Å². The largest absolute Gasteiger partial charge is 1.00 e. The predicted molar refractivity (Wildman–Crippen MR) is 28.7 cm³/mol. The van der Waals surface area contributed by atoms with Crippen molar-refractivity contribution in [2.75, 3.05) is 0 Å². The molecule has 0 aliphatic rings. The molecule has 0 atom stereocenters. The summed E-state index contributed by atoms with van der Waals surface area (Å²) in [6, 6.07) is 0. The topological polar surface area (TPSA) is 98.5 Å². The molecule has 0 radical (unpaired) electrons. The van der Waals surface area contributed by atoms with E-state index in [0.29, 0.717) is 0 Å². The van der Waals surface area contributed by atoms with Gasteiger partial charge >= 0.3 is 41.5 Å². The third-order valence-electron chi connectivity index (χ3n) is 0.586. The van der Waals surface area contributed by atoms with Gasteiger partial charge in [0.05, 0.1) is 6.42 Å². The second kappa shape index (κ2) is 5.40. The second-order valence-electron chi connectivity index (χ2n) is 1.35. The first kappa shape index (κ1) is 12.3. The van der Waals surface area contributed by atoms with Gasteiger partial charge in [-0.1, -0.05) is 0 Å². The first-order valence-corrected chi connectivity index (χ1v) is 2.06. The maximum Gasteiger partial charge on any atom is 1.00 e. The van der Waals surface area contributed by atoms with Crippen molar-refractivity contribution in [3.8, 4) is 0 Å². The van der Waals surface area contributed by atoms with Crippen LogP contribution in [0.1, 0.15) is 7.85 Å². The molecule has 0 aromatic heterocycles. The van der Waals surface area contributed by atoms with Gasteiger partial charge in [-0.25, -0.2) is 4.79 Å². The van der Waals surface area contributed by atoms with E-state index in [0.717, 1.165) is 0 Å². The van der Waals surface area contributed by atoms with E-state index >= 15 is 0 Å². The van der Waals surface area contributed by atoms with Crippen LogP contribution in [0.2, 0.25) is 0 Å². The molecule has 6 heteroatoms. The minimum absolute atomic E-state index is 0. The van der Waals surface area contributed by atoms with Gasteiger partial charge in [0, 0.05) is 0 Å². The third kappa shape index (κ3) is 5.74. The Morgan fingerprint density at radius 3 is 1.90 bits per heavy atom. The van der Waals surface area contributed by atoms with Gasteiger partial charge in [-0.15, -0.1) is 0 Å². The van der Waals surface area contributed by atoms with E-state index in [1.807, 2.05) is 0 Å². The fourth-order valence-electron chi connectivity index (χ4n) is 0.227. The summed E-state index contributed by atoms with van der Waals surface area (Å²) in [7, 11) is 0. The van der Waals surface area contributed by atoms with Crippen molar-refractivity contribution in [1.82, 2.24) is 0 Å². The third-order valence-corrected chi connectivity index (χ3v) is 0.586. The normalized spacial score (nSPS) is 7.60. The number of hydrogen-bond acceptors (Lipinski definition) is 3. The number of carboxylic acid groups (broad SMARTS) is 2. The molecule has 0 rings (SSSR count). The first-order valence-electron chi connectivity index (χ1n) is 2.06. The zero-order valence-electron chi connectivity index (χ0n) is 6.42. The molecule has 0 heterocycles. The van der Waals surface area contributed by atoms with Gasteiger partial charge in [0.15, 0.2) is 0 Å². The monoisotopic (exact) mass is 155 g/mol. The molecule has 0 unspecified atom stereocenters. The number of carboxylic acids is 2. The molecule has 0 aromatic carbocycles. The Morgan fingerprint density at radius 2 is 1.80 bits per heavy atom. The molecule has 5 nitrogen and oxygen atoms in total. The average Bonchev–Trinajstić information content (AvgIpc) is 1.63. The van der Waals surface area contributed by atoms with E-state index in [2.05, 4.69) is 0 Å². The molecule has 0 aliphatic heterocycles. The number of nitrogens with one attached hydrogen (secondary N) is 1. The Morgan fingerprint density at radius 1 is 1.40 bits per heavy atom. The minimum Gasteiger partial charge on any atom is -1.00 e. The van der Waals surface area contributed by atoms with Gasteiger partial charge in [0.2, 0.25) is 0 Å². The van der Waals surface area contributed by atoms with Crippen molar-refractivity contribution in [2.24, 2.45) is 0 Å². The van der Waals surface area contributed by atoms with Gasteiger partial charge < -0.3 is 11.6 Å². The van der Waals surface area contributed by atoms with Crippen molar-refractivity contribution >= 4 is 17.7 Å². The smallest absolute Gasteiger partial charge is 1.00 e. The summed E-state index contributed by atoms with van der Waals surface area (Å²) in [4.78, 5) is 19.5. The van der Waals surface area contributed by atoms with Gasteiger partial charge in [0.25, 0.3) is 0 Å². The Balaban J connectivity index is -0.000000320. The van der Waals surface area contributed by atoms with Crippen LogP contribution in [0.4, 0.5) is 0 Å². The summed E-state index contributed by atoms with van der Waals surface area (Å²) in [5, 5.41) is 22.4. The molecule has 0 saturated carbocycles. The zero-order valence-corrected chi connectivity index (χ0v) is 7.42. The fraction of sp³-hybridized carbons (Fsp3) is 0.250. The summed E-state index contributed by atoms with van der Waals surface area (Å²) in [5.74, 6) is -2.79. The van der Waals surface area contributed by atoms with E-state index in [1.165, 1.54) is 0 Å². The Hall–Kier alpha value is -0.390. The van der Waals surface area contributed by atoms with Crippen molar-refractivity contribution in [3.63, 3.8) is 0 Å². The van der Waals surface area contributed by atoms with Crippen molar-refractivity contribution in [2.45, 2.75) is 6.42 Å². The van der Waals surface area contributed by atoms with Crippen molar-refractivity contribution in [3.05, 3.63) is 0 Å². The van der Waals surface area contributed by atoms with E-state index in [1.54, 1.807) is 0 Å². The predicted octanol–water partition coefficient (Wildman–Crippen LogP) is -3.32.